The van der Waals surface area contributed by atoms with E-state index in [1.165, 1.54) is 24.3 Å². The average molecular weight is 681 g/mol. The Balaban J connectivity index is 1.06. The molecule has 4 aromatic rings. The molecule has 4 aromatic carbocycles. The lowest BCUT2D eigenvalue weighted by Gasteiger charge is -2.30. The van der Waals surface area contributed by atoms with Crippen molar-refractivity contribution in [3.8, 4) is 0 Å². The summed E-state index contributed by atoms with van der Waals surface area (Å²) in [6.45, 7) is 2.76. The number of benzene rings is 4. The monoisotopic (exact) mass is 680 g/mol. The third-order valence-electron chi connectivity index (χ3n) is 8.95. The first-order chi connectivity index (χ1) is 24.0. The average Bonchev–Trinajstić information content (AvgIpc) is 3.10. The molecule has 0 unspecified atom stereocenters. The van der Waals surface area contributed by atoms with E-state index in [0.29, 0.717) is 53.0 Å². The van der Waals surface area contributed by atoms with Crippen molar-refractivity contribution in [3.05, 3.63) is 103 Å². The quantitative estimate of drug-likeness (QED) is 0.0868. The van der Waals surface area contributed by atoms with E-state index < -0.39 is 33.5 Å². The molecular formula is C35H32N6O9. The molecule has 6 rings (SSSR count). The van der Waals surface area contributed by atoms with Gasteiger partial charge < -0.3 is 10.2 Å². The van der Waals surface area contributed by atoms with Gasteiger partial charge in [0.25, 0.3) is 35.0 Å². The van der Waals surface area contributed by atoms with Gasteiger partial charge in [-0.3, -0.25) is 54.0 Å². The predicted octanol–water partition coefficient (Wildman–Crippen LogP) is 4.31. The molecule has 5 amide bonds. The van der Waals surface area contributed by atoms with Crippen LogP contribution in [0.15, 0.2) is 60.7 Å². The molecule has 15 heteroatoms. The van der Waals surface area contributed by atoms with Gasteiger partial charge in [-0.1, -0.05) is 31.2 Å². The Morgan fingerprint density at radius 2 is 1.20 bits per heavy atom. The number of non-ortho nitro benzene ring substituents is 2. The van der Waals surface area contributed by atoms with Crippen molar-refractivity contribution in [3.63, 3.8) is 0 Å². The molecule has 0 saturated carbocycles. The Bertz CT molecular complexity index is 2130. The molecule has 256 valence electrons. The van der Waals surface area contributed by atoms with Crippen LogP contribution in [0.5, 0.6) is 0 Å². The Morgan fingerprint density at radius 1 is 0.700 bits per heavy atom. The standard InChI is InChI=1S/C35H32N6O9/c1-2-6-29(42)37(15-16-39-33(44)26-10-4-8-22-18-24(41(49)50)20-28(31(22)26)35(39)46)13-5-11-36-12-14-38-32(43)25-9-3-7-21-17-23(40(47)48)19-27(30(21)25)34(38)45/h3-4,7-10,17-20,36H,2,5-6,11-16H2,1H3. The third-order valence-corrected chi connectivity index (χ3v) is 8.95. The molecule has 1 N–H and O–H groups in total. The van der Waals surface area contributed by atoms with Crippen molar-refractivity contribution in [2.75, 3.05) is 39.3 Å². The molecule has 0 saturated heterocycles. The number of hydrogen-bond donors (Lipinski definition) is 1. The van der Waals surface area contributed by atoms with Crippen LogP contribution in [0.1, 0.15) is 67.6 Å². The fourth-order valence-corrected chi connectivity index (χ4v) is 6.57. The SMILES string of the molecule is CCCC(=O)N(CCCNCCN1C(=O)c2cccc3cc([N+](=O)[O-])cc(c23)C1=O)CCN1C(=O)c2cccc3cc([N+](=O)[O-])cc(c23)C1=O. The molecule has 0 spiro atoms. The Hall–Kier alpha value is -6.09. The highest BCUT2D eigenvalue weighted by Crippen LogP contribution is 2.35. The van der Waals surface area contributed by atoms with Gasteiger partial charge >= 0.3 is 0 Å². The highest BCUT2D eigenvalue weighted by molar-refractivity contribution is 6.26. The highest BCUT2D eigenvalue weighted by Gasteiger charge is 2.36. The van der Waals surface area contributed by atoms with Crippen LogP contribution in [0.3, 0.4) is 0 Å². The molecule has 2 aliphatic rings. The van der Waals surface area contributed by atoms with Crippen molar-refractivity contribution >= 4 is 62.5 Å². The van der Waals surface area contributed by atoms with E-state index in [0.717, 1.165) is 9.80 Å². The zero-order chi connectivity index (χ0) is 35.7. The van der Waals surface area contributed by atoms with Crippen molar-refractivity contribution in [2.45, 2.75) is 26.2 Å². The summed E-state index contributed by atoms with van der Waals surface area (Å²) in [5.74, 6) is -2.47. The van der Waals surface area contributed by atoms with Crippen LogP contribution in [-0.2, 0) is 4.79 Å². The molecule has 0 radical (unpaired) electrons. The fraction of sp³-hybridized carbons (Fsp3) is 0.286. The highest BCUT2D eigenvalue weighted by atomic mass is 16.6. The molecular weight excluding hydrogens is 648 g/mol. The molecule has 0 aromatic heterocycles. The predicted molar refractivity (Wildman–Crippen MR) is 181 cm³/mol. The molecule has 0 bridgehead atoms. The van der Waals surface area contributed by atoms with E-state index in [4.69, 9.17) is 0 Å². The molecule has 0 atom stereocenters. The largest absolute Gasteiger partial charge is 0.341 e. The van der Waals surface area contributed by atoms with E-state index in [9.17, 15) is 44.2 Å². The number of amides is 5. The fourth-order valence-electron chi connectivity index (χ4n) is 6.57. The number of hydrogen-bond acceptors (Lipinski definition) is 10. The maximum absolute atomic E-state index is 13.5. The van der Waals surface area contributed by atoms with Crippen molar-refractivity contribution < 1.29 is 33.8 Å². The van der Waals surface area contributed by atoms with Gasteiger partial charge in [0.1, 0.15) is 0 Å². The minimum absolute atomic E-state index is 0.0141. The van der Waals surface area contributed by atoms with Crippen LogP contribution in [0.25, 0.3) is 21.5 Å². The smallest absolute Gasteiger partial charge is 0.270 e. The summed E-state index contributed by atoms with van der Waals surface area (Å²) in [7, 11) is 0. The molecule has 0 aliphatic carbocycles. The minimum atomic E-state index is -0.665. The molecule has 2 heterocycles. The van der Waals surface area contributed by atoms with Crippen LogP contribution < -0.4 is 5.32 Å². The van der Waals surface area contributed by atoms with Gasteiger partial charge in [-0.05, 0) is 42.3 Å². The van der Waals surface area contributed by atoms with Gasteiger partial charge in [0, 0.05) is 85.3 Å². The summed E-state index contributed by atoms with van der Waals surface area (Å²) >= 11 is 0. The Labute approximate surface area is 284 Å². The first kappa shape index (κ1) is 33.8. The second-order valence-electron chi connectivity index (χ2n) is 12.1. The lowest BCUT2D eigenvalue weighted by atomic mass is 9.93. The van der Waals surface area contributed by atoms with E-state index in [1.807, 2.05) is 6.92 Å². The van der Waals surface area contributed by atoms with E-state index >= 15 is 0 Å². The normalized spacial score (nSPS) is 13.8. The number of carbonyl (C=O) groups is 5. The number of carbonyl (C=O) groups excluding carboxylic acids is 5. The van der Waals surface area contributed by atoms with Crippen LogP contribution in [0, 0.1) is 20.2 Å². The van der Waals surface area contributed by atoms with E-state index in [2.05, 4.69) is 5.32 Å². The zero-order valence-corrected chi connectivity index (χ0v) is 27.0. The van der Waals surface area contributed by atoms with Crippen LogP contribution >= 0.6 is 0 Å². The van der Waals surface area contributed by atoms with Crippen molar-refractivity contribution in [1.29, 1.82) is 0 Å². The summed E-state index contributed by atoms with van der Waals surface area (Å²) in [5, 5.41) is 27.8. The summed E-state index contributed by atoms with van der Waals surface area (Å²) in [6, 6.07) is 14.6. The van der Waals surface area contributed by atoms with E-state index in [-0.39, 0.29) is 66.6 Å². The number of nitro groups is 2. The maximum atomic E-state index is 13.5. The first-order valence-corrected chi connectivity index (χ1v) is 16.1. The number of nitrogens with one attached hydrogen (secondary N) is 1. The number of imide groups is 2. The lowest BCUT2D eigenvalue weighted by Crippen LogP contribution is -2.46. The summed E-state index contributed by atoms with van der Waals surface area (Å²) in [5.41, 5.74) is 0.197. The van der Waals surface area contributed by atoms with Gasteiger partial charge in [-0.25, -0.2) is 0 Å². The Kier molecular flexibility index (Phi) is 9.33. The van der Waals surface area contributed by atoms with Crippen LogP contribution in [0.4, 0.5) is 11.4 Å². The van der Waals surface area contributed by atoms with Crippen LogP contribution in [0.2, 0.25) is 0 Å². The Morgan fingerprint density at radius 3 is 1.70 bits per heavy atom. The van der Waals surface area contributed by atoms with Crippen molar-refractivity contribution in [1.82, 2.24) is 20.0 Å². The van der Waals surface area contributed by atoms with Gasteiger partial charge in [0.05, 0.1) is 21.0 Å². The van der Waals surface area contributed by atoms with Gasteiger partial charge in [0.2, 0.25) is 5.91 Å². The number of nitrogens with zero attached hydrogens (tertiary/aromatic N) is 5. The zero-order valence-electron chi connectivity index (χ0n) is 27.0. The van der Waals surface area contributed by atoms with E-state index in [1.54, 1.807) is 41.3 Å². The second kappa shape index (κ2) is 13.8. The third kappa shape index (κ3) is 6.14. The second-order valence-corrected chi connectivity index (χ2v) is 12.1. The number of nitro benzene ring substituents is 2. The first-order valence-electron chi connectivity index (χ1n) is 16.1. The topological polar surface area (TPSA) is 193 Å². The lowest BCUT2D eigenvalue weighted by molar-refractivity contribution is -0.384. The van der Waals surface area contributed by atoms with Gasteiger partial charge in [-0.15, -0.1) is 0 Å². The van der Waals surface area contributed by atoms with Gasteiger partial charge in [0.15, 0.2) is 0 Å². The minimum Gasteiger partial charge on any atom is -0.341 e. The number of rotatable bonds is 14. The molecule has 0 fully saturated rings. The maximum Gasteiger partial charge on any atom is 0.270 e. The van der Waals surface area contributed by atoms with Gasteiger partial charge in [-0.2, -0.15) is 0 Å². The summed E-state index contributed by atoms with van der Waals surface area (Å²) < 4.78 is 0. The van der Waals surface area contributed by atoms with Crippen LogP contribution in [-0.4, -0.2) is 93.4 Å². The van der Waals surface area contributed by atoms with Crippen molar-refractivity contribution in [2.24, 2.45) is 0 Å². The molecule has 2 aliphatic heterocycles. The summed E-state index contributed by atoms with van der Waals surface area (Å²) in [4.78, 5) is 91.8. The molecule has 15 nitrogen and oxygen atoms in total. The summed E-state index contributed by atoms with van der Waals surface area (Å²) in [6.07, 6.45) is 1.32. The molecule has 50 heavy (non-hydrogen) atoms.